The van der Waals surface area contributed by atoms with E-state index in [1.807, 2.05) is 22.4 Å². The van der Waals surface area contributed by atoms with Crippen molar-refractivity contribution in [3.8, 4) is 0 Å². The summed E-state index contributed by atoms with van der Waals surface area (Å²) in [4.78, 5) is 15.0. The van der Waals surface area contributed by atoms with Gasteiger partial charge >= 0.3 is 0 Å². The highest BCUT2D eigenvalue weighted by Crippen LogP contribution is 2.21. The third kappa shape index (κ3) is 3.76. The van der Waals surface area contributed by atoms with Crippen molar-refractivity contribution in [3.63, 3.8) is 0 Å². The SMILES string of the molecule is NC(C(=O)N1CCC(OCCO)CC1)c1cccs1. The van der Waals surface area contributed by atoms with E-state index in [1.54, 1.807) is 0 Å². The third-order valence-electron chi connectivity index (χ3n) is 3.31. The van der Waals surface area contributed by atoms with Crippen molar-refractivity contribution in [2.45, 2.75) is 25.0 Å². The molecule has 0 radical (unpaired) electrons. The van der Waals surface area contributed by atoms with Crippen LogP contribution < -0.4 is 5.73 Å². The van der Waals surface area contributed by atoms with E-state index in [1.165, 1.54) is 11.3 Å². The van der Waals surface area contributed by atoms with Gasteiger partial charge in [-0.1, -0.05) is 6.07 Å². The Kier molecular flexibility index (Phi) is 5.33. The largest absolute Gasteiger partial charge is 0.394 e. The molecule has 0 bridgehead atoms. The normalized spacial score (nSPS) is 18.5. The molecule has 6 heteroatoms. The zero-order chi connectivity index (χ0) is 13.7. The molecule has 0 saturated carbocycles. The summed E-state index contributed by atoms with van der Waals surface area (Å²) in [7, 11) is 0. The maximum atomic E-state index is 12.2. The van der Waals surface area contributed by atoms with Crippen LogP contribution in [0.4, 0.5) is 0 Å². The predicted molar refractivity (Wildman–Crippen MR) is 73.9 cm³/mol. The number of ether oxygens (including phenoxy) is 1. The molecule has 1 aromatic rings. The molecular weight excluding hydrogens is 264 g/mol. The van der Waals surface area contributed by atoms with E-state index in [2.05, 4.69) is 0 Å². The van der Waals surface area contributed by atoms with Gasteiger partial charge in [0.25, 0.3) is 0 Å². The van der Waals surface area contributed by atoms with Gasteiger partial charge in [-0.3, -0.25) is 4.79 Å². The summed E-state index contributed by atoms with van der Waals surface area (Å²) in [6.07, 6.45) is 1.76. The lowest BCUT2D eigenvalue weighted by Gasteiger charge is -2.33. The molecule has 1 amide bonds. The summed E-state index contributed by atoms with van der Waals surface area (Å²) < 4.78 is 5.48. The Bertz CT molecular complexity index is 389. The Balaban J connectivity index is 1.82. The molecule has 1 unspecified atom stereocenters. The van der Waals surface area contributed by atoms with Gasteiger partial charge in [0.05, 0.1) is 19.3 Å². The van der Waals surface area contributed by atoms with Crippen LogP contribution in [0.15, 0.2) is 17.5 Å². The highest BCUT2D eigenvalue weighted by molar-refractivity contribution is 7.10. The number of carbonyl (C=O) groups excluding carboxylic acids is 1. The minimum atomic E-state index is -0.546. The van der Waals surface area contributed by atoms with Crippen LogP contribution >= 0.6 is 11.3 Å². The number of aliphatic hydroxyl groups is 1. The number of likely N-dealkylation sites (tertiary alicyclic amines) is 1. The van der Waals surface area contributed by atoms with Crippen LogP contribution in [0.1, 0.15) is 23.8 Å². The highest BCUT2D eigenvalue weighted by Gasteiger charge is 2.27. The maximum absolute atomic E-state index is 12.2. The number of rotatable bonds is 5. The molecule has 0 aliphatic carbocycles. The van der Waals surface area contributed by atoms with E-state index in [4.69, 9.17) is 15.6 Å². The van der Waals surface area contributed by atoms with Gasteiger partial charge in [0.15, 0.2) is 0 Å². The number of carbonyl (C=O) groups is 1. The van der Waals surface area contributed by atoms with E-state index in [9.17, 15) is 4.79 Å². The van der Waals surface area contributed by atoms with Gasteiger partial charge in [0.2, 0.25) is 5.91 Å². The summed E-state index contributed by atoms with van der Waals surface area (Å²) >= 11 is 1.51. The molecule has 19 heavy (non-hydrogen) atoms. The third-order valence-corrected chi connectivity index (χ3v) is 4.27. The second kappa shape index (κ2) is 7.00. The highest BCUT2D eigenvalue weighted by atomic mass is 32.1. The van der Waals surface area contributed by atoms with Crippen molar-refractivity contribution in [2.24, 2.45) is 5.73 Å². The molecule has 1 atom stereocenters. The predicted octanol–water partition coefficient (Wildman–Crippen LogP) is 0.748. The summed E-state index contributed by atoms with van der Waals surface area (Å²) in [6.45, 7) is 1.76. The molecule has 106 valence electrons. The number of thiophene rings is 1. The van der Waals surface area contributed by atoms with Crippen LogP contribution in [0, 0.1) is 0 Å². The molecule has 2 rings (SSSR count). The fourth-order valence-corrected chi connectivity index (χ4v) is 2.97. The lowest BCUT2D eigenvalue weighted by atomic mass is 10.1. The van der Waals surface area contributed by atoms with Gasteiger partial charge in [0.1, 0.15) is 6.04 Å². The summed E-state index contributed by atoms with van der Waals surface area (Å²) in [6, 6.07) is 3.25. The first-order chi connectivity index (χ1) is 9.22. The van der Waals surface area contributed by atoms with E-state index in [0.717, 1.165) is 17.7 Å². The number of nitrogens with zero attached hydrogens (tertiary/aromatic N) is 1. The molecule has 2 heterocycles. The van der Waals surface area contributed by atoms with Crippen molar-refractivity contribution >= 4 is 17.2 Å². The van der Waals surface area contributed by atoms with Crippen molar-refractivity contribution < 1.29 is 14.6 Å². The van der Waals surface area contributed by atoms with Crippen LogP contribution in [0.2, 0.25) is 0 Å². The van der Waals surface area contributed by atoms with Crippen LogP contribution in [0.25, 0.3) is 0 Å². The smallest absolute Gasteiger partial charge is 0.244 e. The Labute approximate surface area is 117 Å². The molecule has 0 spiro atoms. The van der Waals surface area contributed by atoms with E-state index >= 15 is 0 Å². The topological polar surface area (TPSA) is 75.8 Å². The van der Waals surface area contributed by atoms with E-state index in [-0.39, 0.29) is 18.6 Å². The van der Waals surface area contributed by atoms with Crippen LogP contribution in [-0.2, 0) is 9.53 Å². The van der Waals surface area contributed by atoms with Gasteiger partial charge in [-0.15, -0.1) is 11.3 Å². The quantitative estimate of drug-likeness (QED) is 0.836. The number of piperidine rings is 1. The van der Waals surface area contributed by atoms with Gasteiger partial charge in [-0.2, -0.15) is 0 Å². The number of hydrogen-bond donors (Lipinski definition) is 2. The fourth-order valence-electron chi connectivity index (χ4n) is 2.25. The second-order valence-corrected chi connectivity index (χ2v) is 5.59. The molecule has 3 N–H and O–H groups in total. The zero-order valence-corrected chi connectivity index (χ0v) is 11.6. The number of nitrogens with two attached hydrogens (primary N) is 1. The molecule has 5 nitrogen and oxygen atoms in total. The minimum absolute atomic E-state index is 0.0111. The van der Waals surface area contributed by atoms with Gasteiger partial charge in [0, 0.05) is 18.0 Å². The number of hydrogen-bond acceptors (Lipinski definition) is 5. The lowest BCUT2D eigenvalue weighted by Crippen LogP contribution is -2.44. The Morgan fingerprint density at radius 1 is 1.58 bits per heavy atom. The number of aliphatic hydroxyl groups excluding tert-OH is 1. The van der Waals surface area contributed by atoms with Gasteiger partial charge < -0.3 is 20.5 Å². The van der Waals surface area contributed by atoms with Crippen molar-refractivity contribution in [1.82, 2.24) is 4.90 Å². The second-order valence-electron chi connectivity index (χ2n) is 4.61. The standard InChI is InChI=1S/C13H20N2O3S/c14-12(11-2-1-9-19-11)13(17)15-5-3-10(4-6-15)18-8-7-16/h1-2,9-10,12,16H,3-8,14H2. The summed E-state index contributed by atoms with van der Waals surface area (Å²) in [5, 5.41) is 10.6. The molecule has 1 saturated heterocycles. The maximum Gasteiger partial charge on any atom is 0.244 e. The Hall–Kier alpha value is -0.950. The van der Waals surface area contributed by atoms with Crippen molar-refractivity contribution in [1.29, 1.82) is 0 Å². The minimum Gasteiger partial charge on any atom is -0.394 e. The lowest BCUT2D eigenvalue weighted by molar-refractivity contribution is -0.135. The van der Waals surface area contributed by atoms with Crippen LogP contribution in [0.5, 0.6) is 0 Å². The first-order valence-electron chi connectivity index (χ1n) is 6.52. The monoisotopic (exact) mass is 284 g/mol. The first-order valence-corrected chi connectivity index (χ1v) is 7.40. The van der Waals surface area contributed by atoms with Gasteiger partial charge in [-0.05, 0) is 24.3 Å². The Morgan fingerprint density at radius 2 is 2.32 bits per heavy atom. The van der Waals surface area contributed by atoms with Crippen molar-refractivity contribution in [2.75, 3.05) is 26.3 Å². The molecular formula is C13H20N2O3S. The van der Waals surface area contributed by atoms with E-state index in [0.29, 0.717) is 19.7 Å². The Morgan fingerprint density at radius 3 is 2.89 bits per heavy atom. The average Bonchev–Trinajstić information content (AvgIpc) is 2.98. The zero-order valence-electron chi connectivity index (χ0n) is 10.8. The van der Waals surface area contributed by atoms with Crippen LogP contribution in [-0.4, -0.2) is 48.3 Å². The average molecular weight is 284 g/mol. The van der Waals surface area contributed by atoms with Crippen LogP contribution in [0.3, 0.4) is 0 Å². The molecule has 1 aliphatic heterocycles. The first kappa shape index (κ1) is 14.5. The fraction of sp³-hybridized carbons (Fsp3) is 0.615. The van der Waals surface area contributed by atoms with Crippen molar-refractivity contribution in [3.05, 3.63) is 22.4 Å². The van der Waals surface area contributed by atoms with Gasteiger partial charge in [-0.25, -0.2) is 0 Å². The van der Waals surface area contributed by atoms with E-state index < -0.39 is 6.04 Å². The molecule has 1 aromatic heterocycles. The molecule has 1 aliphatic rings. The summed E-state index contributed by atoms with van der Waals surface area (Å²) in [5.74, 6) is -0.0111. The number of amides is 1. The molecule has 0 aromatic carbocycles. The molecule has 1 fully saturated rings. The summed E-state index contributed by atoms with van der Waals surface area (Å²) in [5.41, 5.74) is 5.98.